The highest BCUT2D eigenvalue weighted by Crippen LogP contribution is 2.38. The van der Waals surface area contributed by atoms with Gasteiger partial charge in [0.1, 0.15) is 0 Å². The van der Waals surface area contributed by atoms with Gasteiger partial charge in [0.05, 0.1) is 0 Å². The summed E-state index contributed by atoms with van der Waals surface area (Å²) in [7, 11) is 0. The van der Waals surface area contributed by atoms with Crippen molar-refractivity contribution in [2.45, 2.75) is 46.0 Å². The molecule has 2 rings (SSSR count). The smallest absolute Gasteiger partial charge is 0.00233 e. The molecule has 0 unspecified atom stereocenters. The molecule has 0 heterocycles. The number of hydrogen-bond donors (Lipinski definition) is 1. The van der Waals surface area contributed by atoms with Crippen LogP contribution >= 0.6 is 0 Å². The van der Waals surface area contributed by atoms with Crippen molar-refractivity contribution in [3.05, 3.63) is 82.5 Å². The van der Waals surface area contributed by atoms with Crippen molar-refractivity contribution in [2.75, 3.05) is 6.54 Å². The third-order valence-corrected chi connectivity index (χ3v) is 4.45. The lowest BCUT2D eigenvalue weighted by Crippen LogP contribution is -2.01. The summed E-state index contributed by atoms with van der Waals surface area (Å²) in [6.07, 6.45) is 14.0. The van der Waals surface area contributed by atoms with Gasteiger partial charge in [-0.3, -0.25) is 0 Å². The van der Waals surface area contributed by atoms with Gasteiger partial charge in [-0.2, -0.15) is 0 Å². The van der Waals surface area contributed by atoms with Crippen LogP contribution in [0.1, 0.15) is 45.1 Å². The maximum atomic E-state index is 5.73. The summed E-state index contributed by atoms with van der Waals surface area (Å²) in [5.74, 6) is 0. The molecule has 1 aliphatic carbocycles. The lowest BCUT2D eigenvalue weighted by molar-refractivity contribution is 0.800. The summed E-state index contributed by atoms with van der Waals surface area (Å²) in [5.41, 5.74) is 13.4. The second-order valence-electron chi connectivity index (χ2n) is 6.23. The molecule has 1 heteroatoms. The van der Waals surface area contributed by atoms with Gasteiger partial charge in [0.15, 0.2) is 0 Å². The Bertz CT molecular complexity index is 615. The highest BCUT2D eigenvalue weighted by Gasteiger charge is 2.20. The highest BCUT2D eigenvalue weighted by atomic mass is 14.5. The quantitative estimate of drug-likeness (QED) is 0.630. The van der Waals surface area contributed by atoms with Crippen LogP contribution in [0.4, 0.5) is 0 Å². The van der Waals surface area contributed by atoms with Gasteiger partial charge in [0, 0.05) is 0 Å². The average Bonchev–Trinajstić information content (AvgIpc) is 2.86. The summed E-state index contributed by atoms with van der Waals surface area (Å²) >= 11 is 0. The second kappa shape index (κ2) is 9.32. The van der Waals surface area contributed by atoms with Gasteiger partial charge in [-0.15, -0.1) is 0 Å². The van der Waals surface area contributed by atoms with Gasteiger partial charge in [0.25, 0.3) is 0 Å². The van der Waals surface area contributed by atoms with Gasteiger partial charge in [-0.1, -0.05) is 65.8 Å². The molecular weight excluding hydrogens is 278 g/mol. The molecule has 2 N–H and O–H groups in total. The Morgan fingerprint density at radius 2 is 1.87 bits per heavy atom. The van der Waals surface area contributed by atoms with Crippen LogP contribution in [-0.4, -0.2) is 6.54 Å². The predicted octanol–water partition coefficient (Wildman–Crippen LogP) is 5.51. The molecule has 122 valence electrons. The van der Waals surface area contributed by atoms with E-state index in [4.69, 9.17) is 5.73 Å². The van der Waals surface area contributed by atoms with E-state index in [1.54, 1.807) is 16.7 Å². The fourth-order valence-electron chi connectivity index (χ4n) is 3.26. The minimum atomic E-state index is 0.775. The van der Waals surface area contributed by atoms with E-state index in [9.17, 15) is 0 Å². The van der Waals surface area contributed by atoms with Crippen molar-refractivity contribution in [1.82, 2.24) is 0 Å². The standard InChI is InChI=1S/C22H29N/c1-3-4-5-9-14-21-18(2)16-20(13-10-15-23)22(21)17-19-11-7-6-8-12-19/h3-9,11-12H,10,13-17,23H2,1-2H3/b4-3-,9-5+. The number of allylic oxidation sites excluding steroid dienone is 8. The Labute approximate surface area is 141 Å². The first-order valence-electron chi connectivity index (χ1n) is 8.68. The van der Waals surface area contributed by atoms with Crippen molar-refractivity contribution < 1.29 is 0 Å². The summed E-state index contributed by atoms with van der Waals surface area (Å²) < 4.78 is 0. The number of benzene rings is 1. The predicted molar refractivity (Wildman–Crippen MR) is 101 cm³/mol. The summed E-state index contributed by atoms with van der Waals surface area (Å²) in [4.78, 5) is 0. The van der Waals surface area contributed by atoms with Gasteiger partial charge in [-0.05, 0) is 69.2 Å². The summed E-state index contributed by atoms with van der Waals surface area (Å²) in [5, 5.41) is 0. The molecule has 0 atom stereocenters. The molecule has 0 spiro atoms. The molecule has 0 amide bonds. The zero-order valence-corrected chi connectivity index (χ0v) is 14.5. The third-order valence-electron chi connectivity index (χ3n) is 4.45. The van der Waals surface area contributed by atoms with Crippen LogP contribution in [0, 0.1) is 0 Å². The molecule has 1 aliphatic rings. The number of rotatable bonds is 8. The van der Waals surface area contributed by atoms with E-state index in [0.29, 0.717) is 0 Å². The SMILES string of the molecule is C/C=C\C=C\CC1=C(C)CC(CCCN)=C1Cc1ccccc1. The average molecular weight is 307 g/mol. The zero-order chi connectivity index (χ0) is 16.5. The maximum Gasteiger partial charge on any atom is -0.00233 e. The van der Waals surface area contributed by atoms with Crippen LogP contribution in [0.2, 0.25) is 0 Å². The summed E-state index contributed by atoms with van der Waals surface area (Å²) in [6.45, 7) is 5.12. The first kappa shape index (κ1) is 17.5. The molecule has 1 aromatic carbocycles. The van der Waals surface area contributed by atoms with Crippen molar-refractivity contribution in [3.63, 3.8) is 0 Å². The number of nitrogens with two attached hydrogens (primary N) is 1. The Kier molecular flexibility index (Phi) is 7.09. The molecule has 0 radical (unpaired) electrons. The van der Waals surface area contributed by atoms with E-state index < -0.39 is 0 Å². The number of hydrogen-bond acceptors (Lipinski definition) is 1. The van der Waals surface area contributed by atoms with Crippen molar-refractivity contribution >= 4 is 0 Å². The Balaban J connectivity index is 2.22. The van der Waals surface area contributed by atoms with Gasteiger partial charge in [-0.25, -0.2) is 0 Å². The third kappa shape index (κ3) is 5.07. The first-order chi connectivity index (χ1) is 11.3. The molecule has 0 saturated heterocycles. The molecule has 0 bridgehead atoms. The van der Waals surface area contributed by atoms with Crippen LogP contribution in [0.5, 0.6) is 0 Å². The minimum Gasteiger partial charge on any atom is -0.330 e. The van der Waals surface area contributed by atoms with Crippen LogP contribution < -0.4 is 5.73 Å². The van der Waals surface area contributed by atoms with Crippen LogP contribution in [0.25, 0.3) is 0 Å². The minimum absolute atomic E-state index is 0.775. The maximum absolute atomic E-state index is 5.73. The van der Waals surface area contributed by atoms with Gasteiger partial charge in [0.2, 0.25) is 0 Å². The van der Waals surface area contributed by atoms with E-state index in [-0.39, 0.29) is 0 Å². The molecule has 0 aromatic heterocycles. The van der Waals surface area contributed by atoms with E-state index in [1.165, 1.54) is 11.1 Å². The van der Waals surface area contributed by atoms with E-state index in [2.05, 4.69) is 68.5 Å². The van der Waals surface area contributed by atoms with Crippen LogP contribution in [-0.2, 0) is 6.42 Å². The monoisotopic (exact) mass is 307 g/mol. The van der Waals surface area contributed by atoms with Crippen molar-refractivity contribution in [2.24, 2.45) is 5.73 Å². The Hall–Kier alpha value is -1.86. The second-order valence-corrected chi connectivity index (χ2v) is 6.23. The Morgan fingerprint density at radius 3 is 2.57 bits per heavy atom. The molecule has 23 heavy (non-hydrogen) atoms. The normalized spacial score (nSPS) is 15.6. The molecule has 0 saturated carbocycles. The van der Waals surface area contributed by atoms with Crippen LogP contribution in [0.3, 0.4) is 0 Å². The lowest BCUT2D eigenvalue weighted by Gasteiger charge is -2.12. The topological polar surface area (TPSA) is 26.0 Å². The molecule has 1 aromatic rings. The summed E-state index contributed by atoms with van der Waals surface area (Å²) in [6, 6.07) is 10.8. The molecule has 0 fully saturated rings. The van der Waals surface area contributed by atoms with Crippen LogP contribution in [0.15, 0.2) is 76.9 Å². The van der Waals surface area contributed by atoms with Crippen molar-refractivity contribution in [3.8, 4) is 0 Å². The van der Waals surface area contributed by atoms with E-state index in [1.807, 2.05) is 0 Å². The van der Waals surface area contributed by atoms with Crippen molar-refractivity contribution in [1.29, 1.82) is 0 Å². The highest BCUT2D eigenvalue weighted by molar-refractivity contribution is 5.50. The zero-order valence-electron chi connectivity index (χ0n) is 14.5. The largest absolute Gasteiger partial charge is 0.330 e. The van der Waals surface area contributed by atoms with E-state index >= 15 is 0 Å². The fourth-order valence-corrected chi connectivity index (χ4v) is 3.26. The molecule has 1 nitrogen and oxygen atoms in total. The lowest BCUT2D eigenvalue weighted by atomic mass is 9.93. The fraction of sp³-hybridized carbons (Fsp3) is 0.364. The molecular formula is C22H29N. The first-order valence-corrected chi connectivity index (χ1v) is 8.68. The van der Waals surface area contributed by atoms with E-state index in [0.717, 1.165) is 38.6 Å². The Morgan fingerprint density at radius 1 is 1.09 bits per heavy atom. The molecule has 0 aliphatic heterocycles. The van der Waals surface area contributed by atoms with Gasteiger partial charge < -0.3 is 5.73 Å². The van der Waals surface area contributed by atoms with Gasteiger partial charge >= 0.3 is 0 Å².